The number of quaternary nitrogens is 1. The molecular formula is C22H28N3O+. The van der Waals surface area contributed by atoms with Gasteiger partial charge in [0.1, 0.15) is 18.8 Å². The third-order valence-corrected chi connectivity index (χ3v) is 4.74. The van der Waals surface area contributed by atoms with E-state index in [4.69, 9.17) is 0 Å². The summed E-state index contributed by atoms with van der Waals surface area (Å²) >= 11 is 0. The Morgan fingerprint density at radius 3 is 2.54 bits per heavy atom. The highest BCUT2D eigenvalue weighted by Gasteiger charge is 2.14. The fourth-order valence-corrected chi connectivity index (χ4v) is 3.43. The van der Waals surface area contributed by atoms with Crippen molar-refractivity contribution in [3.05, 3.63) is 77.1 Å². The van der Waals surface area contributed by atoms with Crippen LogP contribution in [-0.4, -0.2) is 21.9 Å². The Balaban J connectivity index is 1.71. The van der Waals surface area contributed by atoms with Crippen LogP contribution in [0.25, 0.3) is 5.69 Å². The minimum absolute atomic E-state index is 0.395. The van der Waals surface area contributed by atoms with Crippen molar-refractivity contribution in [2.75, 3.05) is 7.05 Å². The quantitative estimate of drug-likeness (QED) is 0.717. The number of hydrogen-bond donors (Lipinski definition) is 2. The van der Waals surface area contributed by atoms with Gasteiger partial charge in [0.2, 0.25) is 0 Å². The van der Waals surface area contributed by atoms with Gasteiger partial charge in [-0.25, -0.2) is 4.68 Å². The number of aromatic nitrogens is 2. The van der Waals surface area contributed by atoms with Gasteiger partial charge in [-0.2, -0.15) is 5.10 Å². The van der Waals surface area contributed by atoms with Gasteiger partial charge in [-0.3, -0.25) is 0 Å². The largest absolute Gasteiger partial charge is 0.507 e. The Morgan fingerprint density at radius 1 is 1.12 bits per heavy atom. The molecule has 1 heterocycles. The molecule has 0 saturated carbocycles. The number of para-hydroxylation sites is 1. The van der Waals surface area contributed by atoms with Gasteiger partial charge in [0.05, 0.1) is 18.9 Å². The lowest BCUT2D eigenvalue weighted by molar-refractivity contribution is -0.907. The minimum Gasteiger partial charge on any atom is -0.507 e. The third kappa shape index (κ3) is 4.14. The maximum Gasteiger partial charge on any atom is 0.124 e. The van der Waals surface area contributed by atoms with Crippen molar-refractivity contribution in [1.82, 2.24) is 9.78 Å². The number of phenolic OH excluding ortho intramolecular Hbond substituents is 1. The van der Waals surface area contributed by atoms with Crippen molar-refractivity contribution in [3.63, 3.8) is 0 Å². The first kappa shape index (κ1) is 18.2. The molecule has 0 bridgehead atoms. The van der Waals surface area contributed by atoms with Crippen LogP contribution in [0.5, 0.6) is 5.75 Å². The lowest BCUT2D eigenvalue weighted by atomic mass is 9.95. The highest BCUT2D eigenvalue weighted by Crippen LogP contribution is 2.26. The summed E-state index contributed by atoms with van der Waals surface area (Å²) in [7, 11) is 2.15. The Labute approximate surface area is 155 Å². The number of nitrogens with zero attached hydrogens (tertiary/aromatic N) is 2. The molecule has 26 heavy (non-hydrogen) atoms. The molecule has 1 unspecified atom stereocenters. The highest BCUT2D eigenvalue weighted by molar-refractivity contribution is 5.42. The predicted molar refractivity (Wildman–Crippen MR) is 105 cm³/mol. The van der Waals surface area contributed by atoms with Crippen LogP contribution in [0.1, 0.15) is 42.0 Å². The number of aromatic hydroxyl groups is 1. The van der Waals surface area contributed by atoms with Crippen molar-refractivity contribution >= 4 is 0 Å². The van der Waals surface area contributed by atoms with Crippen LogP contribution in [0, 0.1) is 6.92 Å². The van der Waals surface area contributed by atoms with Crippen molar-refractivity contribution < 1.29 is 10.0 Å². The van der Waals surface area contributed by atoms with Crippen molar-refractivity contribution in [2.24, 2.45) is 0 Å². The Morgan fingerprint density at radius 2 is 1.85 bits per heavy atom. The molecule has 136 valence electrons. The van der Waals surface area contributed by atoms with E-state index < -0.39 is 0 Å². The third-order valence-electron chi connectivity index (χ3n) is 4.74. The van der Waals surface area contributed by atoms with Crippen LogP contribution >= 0.6 is 0 Å². The molecule has 0 spiro atoms. The van der Waals surface area contributed by atoms with E-state index in [1.807, 2.05) is 47.3 Å². The maximum atomic E-state index is 10.3. The molecule has 1 atom stereocenters. The van der Waals surface area contributed by atoms with Gasteiger partial charge in [0, 0.05) is 17.3 Å². The van der Waals surface area contributed by atoms with Crippen LogP contribution in [-0.2, 0) is 13.1 Å². The van der Waals surface area contributed by atoms with E-state index in [9.17, 15) is 5.11 Å². The van der Waals surface area contributed by atoms with Crippen molar-refractivity contribution in [2.45, 2.75) is 39.8 Å². The summed E-state index contributed by atoms with van der Waals surface area (Å²) in [4.78, 5) is 1.31. The standard InChI is InChI=1S/C22H27N3O/c1-16(2)21-11-19(22(26)10-17(21)3)15-24(4)13-18-12-23-25(14-18)20-8-6-5-7-9-20/h5-12,14,16,26H,13,15H2,1-4H3/p+1. The second kappa shape index (κ2) is 7.75. The molecule has 0 aliphatic carbocycles. The second-order valence-electron chi connectivity index (χ2n) is 7.43. The average Bonchev–Trinajstić information content (AvgIpc) is 3.06. The van der Waals surface area contributed by atoms with Crippen LogP contribution in [0.15, 0.2) is 54.9 Å². The Hall–Kier alpha value is -2.59. The molecule has 0 aliphatic heterocycles. The molecule has 0 saturated heterocycles. The SMILES string of the molecule is Cc1cc(O)c(C[NH+](C)Cc2cnn(-c3ccccc3)c2)cc1C(C)C. The Kier molecular flexibility index (Phi) is 5.43. The number of phenols is 1. The molecular weight excluding hydrogens is 322 g/mol. The molecule has 3 rings (SSSR count). The molecule has 1 aromatic heterocycles. The summed E-state index contributed by atoms with van der Waals surface area (Å²) in [5.74, 6) is 0.852. The molecule has 2 N–H and O–H groups in total. The highest BCUT2D eigenvalue weighted by atomic mass is 16.3. The van der Waals surface area contributed by atoms with Crippen LogP contribution in [0.4, 0.5) is 0 Å². The first-order valence-electron chi connectivity index (χ1n) is 9.16. The molecule has 0 amide bonds. The van der Waals surface area contributed by atoms with E-state index in [1.165, 1.54) is 16.0 Å². The maximum absolute atomic E-state index is 10.3. The van der Waals surface area contributed by atoms with Gasteiger partial charge in [0.25, 0.3) is 0 Å². The zero-order valence-corrected chi connectivity index (χ0v) is 16.0. The van der Waals surface area contributed by atoms with E-state index >= 15 is 0 Å². The summed E-state index contributed by atoms with van der Waals surface area (Å²) in [6.07, 6.45) is 4.00. The van der Waals surface area contributed by atoms with Crippen LogP contribution in [0.2, 0.25) is 0 Å². The van der Waals surface area contributed by atoms with Gasteiger partial charge in [-0.15, -0.1) is 0 Å². The summed E-state index contributed by atoms with van der Waals surface area (Å²) in [5.41, 5.74) is 5.72. The van der Waals surface area contributed by atoms with E-state index in [1.54, 1.807) is 0 Å². The second-order valence-corrected chi connectivity index (χ2v) is 7.43. The zero-order chi connectivity index (χ0) is 18.7. The van der Waals surface area contributed by atoms with Gasteiger partial charge in [-0.05, 0) is 48.2 Å². The molecule has 0 radical (unpaired) electrons. The fourth-order valence-electron chi connectivity index (χ4n) is 3.43. The summed E-state index contributed by atoms with van der Waals surface area (Å²) in [6.45, 7) is 8.09. The van der Waals surface area contributed by atoms with Gasteiger partial charge < -0.3 is 10.0 Å². The monoisotopic (exact) mass is 350 g/mol. The Bertz CT molecular complexity index is 868. The molecule has 4 nitrogen and oxygen atoms in total. The molecule has 3 aromatic rings. The number of nitrogens with one attached hydrogen (secondary N) is 1. The van der Waals surface area contributed by atoms with E-state index in [0.29, 0.717) is 11.7 Å². The van der Waals surface area contributed by atoms with E-state index in [-0.39, 0.29) is 0 Å². The number of rotatable bonds is 6. The normalized spacial score (nSPS) is 12.5. The number of aryl methyl sites for hydroxylation is 1. The zero-order valence-electron chi connectivity index (χ0n) is 16.0. The summed E-state index contributed by atoms with van der Waals surface area (Å²) in [5, 5.41) is 14.8. The van der Waals surface area contributed by atoms with E-state index in [0.717, 1.165) is 29.9 Å². The summed E-state index contributed by atoms with van der Waals surface area (Å²) < 4.78 is 1.91. The molecule has 4 heteroatoms. The average molecular weight is 350 g/mol. The molecule has 0 aliphatic rings. The first-order valence-corrected chi connectivity index (χ1v) is 9.16. The fraction of sp³-hybridized carbons (Fsp3) is 0.318. The molecule has 0 fully saturated rings. The minimum atomic E-state index is 0.395. The van der Waals surface area contributed by atoms with Crippen LogP contribution in [0.3, 0.4) is 0 Å². The number of benzene rings is 2. The topological polar surface area (TPSA) is 42.5 Å². The van der Waals surface area contributed by atoms with Gasteiger partial charge in [0.15, 0.2) is 0 Å². The summed E-state index contributed by atoms with van der Waals surface area (Å²) in [6, 6.07) is 14.2. The van der Waals surface area contributed by atoms with Crippen molar-refractivity contribution in [3.8, 4) is 11.4 Å². The molecule has 2 aromatic carbocycles. The van der Waals surface area contributed by atoms with E-state index in [2.05, 4.69) is 45.2 Å². The van der Waals surface area contributed by atoms with Gasteiger partial charge in [-0.1, -0.05) is 32.0 Å². The lowest BCUT2D eigenvalue weighted by Gasteiger charge is -2.17. The van der Waals surface area contributed by atoms with Gasteiger partial charge >= 0.3 is 0 Å². The smallest absolute Gasteiger partial charge is 0.124 e. The first-order chi connectivity index (χ1) is 12.4. The lowest BCUT2D eigenvalue weighted by Crippen LogP contribution is -3.06. The van der Waals surface area contributed by atoms with Crippen LogP contribution < -0.4 is 4.90 Å². The van der Waals surface area contributed by atoms with Crippen molar-refractivity contribution in [1.29, 1.82) is 0 Å². The predicted octanol–water partition coefficient (Wildman–Crippen LogP) is 3.22. The number of hydrogen-bond acceptors (Lipinski definition) is 2.